The summed E-state index contributed by atoms with van der Waals surface area (Å²) in [6.45, 7) is 8.96. The van der Waals surface area contributed by atoms with E-state index in [9.17, 15) is 9.90 Å². The molecule has 2 aromatic carbocycles. The Hall–Kier alpha value is -1.62. The molecule has 0 radical (unpaired) electrons. The third-order valence-electron chi connectivity index (χ3n) is 4.46. The highest BCUT2D eigenvalue weighted by Crippen LogP contribution is 2.34. The number of carbonyl (C=O) groups is 1. The first-order valence-electron chi connectivity index (χ1n) is 8.77. The van der Waals surface area contributed by atoms with Gasteiger partial charge in [0.2, 0.25) is 5.12 Å². The van der Waals surface area contributed by atoms with Gasteiger partial charge in [0.25, 0.3) is 0 Å². The van der Waals surface area contributed by atoms with Crippen LogP contribution in [0.25, 0.3) is 0 Å². The minimum Gasteiger partial charge on any atom is -0.372 e. The average molecular weight is 358 g/mol. The highest BCUT2D eigenvalue weighted by atomic mass is 32.2. The lowest BCUT2D eigenvalue weighted by molar-refractivity contribution is -0.124. The summed E-state index contributed by atoms with van der Waals surface area (Å²) in [7, 11) is 0. The number of benzene rings is 2. The lowest BCUT2D eigenvalue weighted by atomic mass is 9.87. The summed E-state index contributed by atoms with van der Waals surface area (Å²) in [6, 6.07) is 16.8. The van der Waals surface area contributed by atoms with Crippen LogP contribution in [-0.4, -0.2) is 40.5 Å². The van der Waals surface area contributed by atoms with Gasteiger partial charge in [-0.2, -0.15) is 0 Å². The fourth-order valence-electron chi connectivity index (χ4n) is 2.86. The Morgan fingerprint density at radius 1 is 1.04 bits per heavy atom. The van der Waals surface area contributed by atoms with Gasteiger partial charge >= 0.3 is 0 Å². The largest absolute Gasteiger partial charge is 0.372 e. The molecule has 4 heteroatoms. The molecule has 0 heterocycles. The first-order valence-corrected chi connectivity index (χ1v) is 9.75. The molecular weight excluding hydrogens is 330 g/mol. The maximum absolute atomic E-state index is 13.0. The molecule has 0 fully saturated rings. The van der Waals surface area contributed by atoms with E-state index < -0.39 is 5.60 Å². The number of carbonyl (C=O) groups excluding carboxylic acids is 1. The number of hydrogen-bond donors (Lipinski definition) is 1. The molecule has 0 saturated carbocycles. The second-order valence-corrected chi connectivity index (χ2v) is 7.18. The minimum absolute atomic E-state index is 0.226. The molecule has 0 aliphatic heterocycles. The fourth-order valence-corrected chi connectivity index (χ4v) is 3.84. The Balaban J connectivity index is 2.28. The van der Waals surface area contributed by atoms with Crippen molar-refractivity contribution in [3.05, 3.63) is 71.3 Å². The third-order valence-corrected chi connectivity index (χ3v) is 5.40. The zero-order valence-corrected chi connectivity index (χ0v) is 16.1. The van der Waals surface area contributed by atoms with Gasteiger partial charge in [-0.15, -0.1) is 0 Å². The van der Waals surface area contributed by atoms with E-state index in [2.05, 4.69) is 18.7 Å². The maximum Gasteiger partial charge on any atom is 0.229 e. The van der Waals surface area contributed by atoms with Gasteiger partial charge in [0.1, 0.15) is 0 Å². The third kappa shape index (κ3) is 4.72. The Labute approximate surface area is 155 Å². The summed E-state index contributed by atoms with van der Waals surface area (Å²) in [5.41, 5.74) is 0.633. The van der Waals surface area contributed by atoms with Crippen LogP contribution < -0.4 is 0 Å². The minimum atomic E-state index is -1.62. The summed E-state index contributed by atoms with van der Waals surface area (Å²) in [4.78, 5) is 15.3. The number of rotatable bonds is 8. The van der Waals surface area contributed by atoms with E-state index in [-0.39, 0.29) is 5.12 Å². The zero-order valence-electron chi connectivity index (χ0n) is 15.2. The summed E-state index contributed by atoms with van der Waals surface area (Å²) in [5, 5.41) is 11.2. The molecule has 1 atom stereocenters. The molecule has 0 aromatic heterocycles. The molecule has 0 saturated heterocycles. The summed E-state index contributed by atoms with van der Waals surface area (Å²) in [5.74, 6) is 0.668. The first kappa shape index (κ1) is 19.7. The van der Waals surface area contributed by atoms with E-state index in [1.807, 2.05) is 61.5 Å². The number of nitrogens with zero attached hydrogens (tertiary/aromatic N) is 1. The van der Waals surface area contributed by atoms with Crippen molar-refractivity contribution in [1.29, 1.82) is 0 Å². The van der Waals surface area contributed by atoms with Crippen LogP contribution in [0.5, 0.6) is 0 Å². The van der Waals surface area contributed by atoms with Crippen LogP contribution in [-0.2, 0) is 10.4 Å². The van der Waals surface area contributed by atoms with Crippen molar-refractivity contribution >= 4 is 16.9 Å². The van der Waals surface area contributed by atoms with Crippen LogP contribution in [0.15, 0.2) is 54.6 Å². The van der Waals surface area contributed by atoms with E-state index in [1.54, 1.807) is 0 Å². The maximum atomic E-state index is 13.0. The second kappa shape index (κ2) is 9.18. The number of aryl methyl sites for hydroxylation is 1. The summed E-state index contributed by atoms with van der Waals surface area (Å²) in [6.07, 6.45) is 0. The summed E-state index contributed by atoms with van der Waals surface area (Å²) < 4.78 is 0. The molecular formula is C21H27NO2S. The van der Waals surface area contributed by atoms with Gasteiger partial charge in [-0.3, -0.25) is 4.79 Å². The van der Waals surface area contributed by atoms with Gasteiger partial charge in [0.05, 0.1) is 0 Å². The van der Waals surface area contributed by atoms with Crippen molar-refractivity contribution < 1.29 is 9.90 Å². The van der Waals surface area contributed by atoms with Gasteiger partial charge in [-0.25, -0.2) is 0 Å². The molecule has 0 bridgehead atoms. The fraction of sp³-hybridized carbons (Fsp3) is 0.381. The predicted octanol–water partition coefficient (Wildman–Crippen LogP) is 3.83. The first-order chi connectivity index (χ1) is 12.0. The Bertz CT molecular complexity index is 685. The molecule has 2 rings (SSSR count). The average Bonchev–Trinajstić information content (AvgIpc) is 2.65. The van der Waals surface area contributed by atoms with Crippen molar-refractivity contribution in [2.75, 3.05) is 25.4 Å². The van der Waals surface area contributed by atoms with E-state index in [0.29, 0.717) is 16.9 Å². The molecule has 25 heavy (non-hydrogen) atoms. The van der Waals surface area contributed by atoms with E-state index >= 15 is 0 Å². The van der Waals surface area contributed by atoms with Crippen LogP contribution in [0, 0.1) is 6.92 Å². The normalized spacial score (nSPS) is 13.6. The topological polar surface area (TPSA) is 40.5 Å². The molecule has 0 aliphatic rings. The van der Waals surface area contributed by atoms with Crippen molar-refractivity contribution in [3.8, 4) is 0 Å². The molecule has 134 valence electrons. The SMILES string of the molecule is CCN(CC)CCSC(=O)[C@](O)(c1ccccc1)c1cccc(C)c1. The van der Waals surface area contributed by atoms with Crippen LogP contribution in [0.4, 0.5) is 0 Å². The number of hydrogen-bond acceptors (Lipinski definition) is 4. The number of thioether (sulfide) groups is 1. The van der Waals surface area contributed by atoms with Crippen molar-refractivity contribution in [3.63, 3.8) is 0 Å². The molecule has 0 amide bonds. The van der Waals surface area contributed by atoms with Gasteiger partial charge in [-0.05, 0) is 31.1 Å². The Kier molecular flexibility index (Phi) is 7.24. The van der Waals surface area contributed by atoms with Gasteiger partial charge < -0.3 is 10.0 Å². The van der Waals surface area contributed by atoms with E-state index in [1.165, 1.54) is 11.8 Å². The highest BCUT2D eigenvalue weighted by molar-refractivity contribution is 8.13. The highest BCUT2D eigenvalue weighted by Gasteiger charge is 2.39. The van der Waals surface area contributed by atoms with Gasteiger partial charge in [0, 0.05) is 12.3 Å². The molecule has 0 unspecified atom stereocenters. The number of aliphatic hydroxyl groups is 1. The van der Waals surface area contributed by atoms with Crippen LogP contribution in [0.1, 0.15) is 30.5 Å². The van der Waals surface area contributed by atoms with E-state index in [4.69, 9.17) is 0 Å². The Morgan fingerprint density at radius 2 is 1.68 bits per heavy atom. The van der Waals surface area contributed by atoms with Crippen molar-refractivity contribution in [2.45, 2.75) is 26.4 Å². The smallest absolute Gasteiger partial charge is 0.229 e. The molecule has 0 spiro atoms. The van der Waals surface area contributed by atoms with Crippen LogP contribution in [0.2, 0.25) is 0 Å². The summed E-state index contributed by atoms with van der Waals surface area (Å²) >= 11 is 1.21. The quantitative estimate of drug-likeness (QED) is 0.779. The van der Waals surface area contributed by atoms with Gasteiger partial charge in [0.15, 0.2) is 5.60 Å². The zero-order chi connectivity index (χ0) is 18.3. The van der Waals surface area contributed by atoms with Crippen LogP contribution in [0.3, 0.4) is 0 Å². The van der Waals surface area contributed by atoms with E-state index in [0.717, 1.165) is 25.2 Å². The van der Waals surface area contributed by atoms with Crippen LogP contribution >= 0.6 is 11.8 Å². The second-order valence-electron chi connectivity index (χ2n) is 6.11. The molecule has 2 aromatic rings. The molecule has 0 aliphatic carbocycles. The monoisotopic (exact) mass is 357 g/mol. The van der Waals surface area contributed by atoms with Gasteiger partial charge in [-0.1, -0.05) is 85.8 Å². The Morgan fingerprint density at radius 3 is 2.28 bits per heavy atom. The molecule has 1 N–H and O–H groups in total. The standard InChI is InChI=1S/C21H27NO2S/c1-4-22(5-2)14-15-25-20(23)21(24,18-11-7-6-8-12-18)19-13-9-10-17(3)16-19/h6-13,16,24H,4-5,14-15H2,1-3H3/t21-/m0/s1. The molecule has 3 nitrogen and oxygen atoms in total. The lowest BCUT2D eigenvalue weighted by Gasteiger charge is -2.28. The predicted molar refractivity (Wildman–Crippen MR) is 106 cm³/mol. The van der Waals surface area contributed by atoms with Crippen molar-refractivity contribution in [2.24, 2.45) is 0 Å². The van der Waals surface area contributed by atoms with Crippen molar-refractivity contribution in [1.82, 2.24) is 4.90 Å². The lowest BCUT2D eigenvalue weighted by Crippen LogP contribution is -2.36.